The topological polar surface area (TPSA) is 0 Å². The van der Waals surface area contributed by atoms with Gasteiger partial charge in [-0.2, -0.15) is 0 Å². The van der Waals surface area contributed by atoms with Crippen LogP contribution >= 0.6 is 0 Å². The van der Waals surface area contributed by atoms with E-state index in [1.807, 2.05) is 0 Å². The zero-order valence-electron chi connectivity index (χ0n) is 32.2. The van der Waals surface area contributed by atoms with Crippen molar-refractivity contribution < 1.29 is 0 Å². The lowest BCUT2D eigenvalue weighted by molar-refractivity contribution is 0.365. The molecule has 44 heavy (non-hydrogen) atoms. The van der Waals surface area contributed by atoms with Crippen LogP contribution in [0.3, 0.4) is 0 Å². The third-order valence-electron chi connectivity index (χ3n) is 10.5. The summed E-state index contributed by atoms with van der Waals surface area (Å²) in [5.41, 5.74) is 0. The van der Waals surface area contributed by atoms with Crippen LogP contribution in [0.5, 0.6) is 0 Å². The molecule has 0 amide bonds. The summed E-state index contributed by atoms with van der Waals surface area (Å²) in [7, 11) is 0. The smallest absolute Gasteiger partial charge is 0.0414 e. The van der Waals surface area contributed by atoms with Gasteiger partial charge in [0.05, 0.1) is 0 Å². The molecule has 0 spiro atoms. The molecule has 0 nitrogen and oxygen atoms in total. The molecule has 0 aromatic carbocycles. The molecule has 0 atom stereocenters. The predicted molar refractivity (Wildman–Crippen MR) is 205 cm³/mol. The summed E-state index contributed by atoms with van der Waals surface area (Å²) in [5.74, 6) is 2.82. The first-order chi connectivity index (χ1) is 21.6. The average molecular weight is 619 g/mol. The summed E-state index contributed by atoms with van der Waals surface area (Å²) in [6.45, 7) is 11.8. The van der Waals surface area contributed by atoms with Gasteiger partial charge in [0.1, 0.15) is 0 Å². The highest BCUT2D eigenvalue weighted by molar-refractivity contribution is 4.63. The lowest BCUT2D eigenvalue weighted by Crippen LogP contribution is -2.01. The molecule has 0 saturated carbocycles. The normalized spacial score (nSPS) is 12.0. The van der Waals surface area contributed by atoms with Gasteiger partial charge in [0.2, 0.25) is 0 Å². The molecule has 0 heteroatoms. The van der Waals surface area contributed by atoms with Gasteiger partial charge in [-0.1, -0.05) is 266 Å². The molecular weight excluding hydrogens is 528 g/mol. The van der Waals surface area contributed by atoms with E-state index in [4.69, 9.17) is 0 Å². The van der Waals surface area contributed by atoms with Gasteiger partial charge in [0.15, 0.2) is 0 Å². The molecule has 0 fully saturated rings. The zero-order chi connectivity index (χ0) is 32.2. The Bertz CT molecular complexity index is 456. The second-order valence-electron chi connectivity index (χ2n) is 16.2. The number of unbranched alkanes of at least 4 members (excludes halogenated alkanes) is 28. The van der Waals surface area contributed by atoms with Crippen LogP contribution in [0.2, 0.25) is 0 Å². The van der Waals surface area contributed by atoms with E-state index in [2.05, 4.69) is 34.6 Å². The van der Waals surface area contributed by atoms with Gasteiger partial charge in [0.25, 0.3) is 0 Å². The monoisotopic (exact) mass is 619 g/mol. The van der Waals surface area contributed by atoms with Gasteiger partial charge < -0.3 is 0 Å². The molecule has 0 N–H and O–H groups in total. The Morgan fingerprint density at radius 1 is 0.227 bits per heavy atom. The van der Waals surface area contributed by atoms with Gasteiger partial charge in [-0.3, -0.25) is 0 Å². The molecule has 266 valence electrons. The minimum Gasteiger partial charge on any atom is -0.0654 e. The molecule has 0 aliphatic rings. The Hall–Kier alpha value is 0. The minimum absolute atomic E-state index is 0.892. The predicted octanol–water partition coefficient (Wildman–Crippen LogP) is 17.0. The summed E-state index contributed by atoms with van der Waals surface area (Å²) < 4.78 is 0. The summed E-state index contributed by atoms with van der Waals surface area (Å²) >= 11 is 0. The maximum atomic E-state index is 2.36. The van der Waals surface area contributed by atoms with Gasteiger partial charge in [-0.25, -0.2) is 0 Å². The van der Waals surface area contributed by atoms with Gasteiger partial charge >= 0.3 is 0 Å². The first kappa shape index (κ1) is 44.0. The Kier molecular flexibility index (Phi) is 37.5. The van der Waals surface area contributed by atoms with Crippen molar-refractivity contribution in [2.75, 3.05) is 0 Å². The van der Waals surface area contributed by atoms with E-state index in [-0.39, 0.29) is 0 Å². The zero-order valence-corrected chi connectivity index (χ0v) is 32.2. The van der Waals surface area contributed by atoms with E-state index >= 15 is 0 Å². The van der Waals surface area contributed by atoms with Crippen molar-refractivity contribution in [2.24, 2.45) is 17.8 Å². The molecule has 0 rings (SSSR count). The number of hydrogen-bond donors (Lipinski definition) is 0. The first-order valence-electron chi connectivity index (χ1n) is 21.6. The van der Waals surface area contributed by atoms with Gasteiger partial charge in [-0.15, -0.1) is 0 Å². The molecule has 0 aromatic rings. The number of rotatable bonds is 38. The Labute approximate surface area is 282 Å². The molecule has 0 radical (unpaired) electrons. The Morgan fingerprint density at radius 3 is 0.614 bits per heavy atom. The largest absolute Gasteiger partial charge is 0.0654 e. The van der Waals surface area contributed by atoms with Crippen LogP contribution in [0.1, 0.15) is 266 Å². The molecule has 0 heterocycles. The second kappa shape index (κ2) is 37.5. The molecule has 0 aliphatic carbocycles. The first-order valence-corrected chi connectivity index (χ1v) is 21.6. The Morgan fingerprint density at radius 2 is 0.409 bits per heavy atom. The van der Waals surface area contributed by atoms with Crippen molar-refractivity contribution >= 4 is 0 Å². The summed E-state index contributed by atoms with van der Waals surface area (Å²) in [5, 5.41) is 0. The van der Waals surface area contributed by atoms with E-state index in [9.17, 15) is 0 Å². The van der Waals surface area contributed by atoms with Crippen molar-refractivity contribution in [3.63, 3.8) is 0 Å². The SMILES string of the molecule is CCCCCCCCCCCC(CCCCCCCCCCCCCC(C)C)CCCCCCCCCCCCCC(C)C. The van der Waals surface area contributed by atoms with Crippen LogP contribution in [0, 0.1) is 17.8 Å². The van der Waals surface area contributed by atoms with Gasteiger partial charge in [-0.05, 0) is 17.8 Å². The third kappa shape index (κ3) is 38.2. The van der Waals surface area contributed by atoms with Crippen LogP contribution in [0.4, 0.5) is 0 Å². The molecule has 0 unspecified atom stereocenters. The third-order valence-corrected chi connectivity index (χ3v) is 10.5. The fourth-order valence-electron chi connectivity index (χ4n) is 7.33. The van der Waals surface area contributed by atoms with Crippen molar-refractivity contribution in [2.45, 2.75) is 266 Å². The van der Waals surface area contributed by atoms with E-state index in [1.54, 1.807) is 0 Å². The standard InChI is InChI=1S/C44H90/c1-6-7-8-9-10-17-24-29-34-39-44(40-35-30-25-20-15-11-13-18-22-27-32-37-42(2)3)41-36-31-26-21-16-12-14-19-23-28-33-38-43(4)5/h42-44H,6-41H2,1-5H3. The lowest BCUT2D eigenvalue weighted by atomic mass is 9.89. The van der Waals surface area contributed by atoms with E-state index < -0.39 is 0 Å². The minimum atomic E-state index is 0.892. The Balaban J connectivity index is 3.88. The maximum Gasteiger partial charge on any atom is -0.0414 e. The summed E-state index contributed by atoms with van der Waals surface area (Å²) in [6.07, 6.45) is 53.4. The highest BCUT2D eigenvalue weighted by atomic mass is 14.1. The highest BCUT2D eigenvalue weighted by Gasteiger charge is 2.09. The van der Waals surface area contributed by atoms with E-state index in [0.717, 1.165) is 17.8 Å². The van der Waals surface area contributed by atoms with Crippen LogP contribution in [-0.4, -0.2) is 0 Å². The molecular formula is C44H90. The van der Waals surface area contributed by atoms with Crippen molar-refractivity contribution in [3.05, 3.63) is 0 Å². The fourth-order valence-corrected chi connectivity index (χ4v) is 7.33. The molecule has 0 bridgehead atoms. The quantitative estimate of drug-likeness (QED) is 0.0604. The van der Waals surface area contributed by atoms with Crippen LogP contribution < -0.4 is 0 Å². The average Bonchev–Trinajstić information content (AvgIpc) is 3.00. The van der Waals surface area contributed by atoms with Crippen molar-refractivity contribution in [1.29, 1.82) is 0 Å². The van der Waals surface area contributed by atoms with Gasteiger partial charge in [0, 0.05) is 0 Å². The van der Waals surface area contributed by atoms with E-state index in [1.165, 1.54) is 231 Å². The fraction of sp³-hybridized carbons (Fsp3) is 1.00. The second-order valence-corrected chi connectivity index (χ2v) is 16.2. The lowest BCUT2D eigenvalue weighted by Gasteiger charge is -2.17. The maximum absolute atomic E-state index is 2.36. The van der Waals surface area contributed by atoms with E-state index in [0.29, 0.717) is 0 Å². The van der Waals surface area contributed by atoms with Crippen LogP contribution in [0.25, 0.3) is 0 Å². The van der Waals surface area contributed by atoms with Crippen LogP contribution in [0.15, 0.2) is 0 Å². The van der Waals surface area contributed by atoms with Crippen molar-refractivity contribution in [1.82, 2.24) is 0 Å². The van der Waals surface area contributed by atoms with Crippen LogP contribution in [-0.2, 0) is 0 Å². The summed E-state index contributed by atoms with van der Waals surface area (Å²) in [4.78, 5) is 0. The molecule has 0 aliphatic heterocycles. The number of hydrogen-bond acceptors (Lipinski definition) is 0. The van der Waals surface area contributed by atoms with Crippen molar-refractivity contribution in [3.8, 4) is 0 Å². The summed E-state index contributed by atoms with van der Waals surface area (Å²) in [6, 6.07) is 0. The molecule has 0 saturated heterocycles. The molecule has 0 aromatic heterocycles. The highest BCUT2D eigenvalue weighted by Crippen LogP contribution is 2.25.